The Kier molecular flexibility index (Phi) is 9.13. The fraction of sp³-hybridized carbons (Fsp3) is 0.244. The maximum absolute atomic E-state index is 6.73. The van der Waals surface area contributed by atoms with Gasteiger partial charge in [0.05, 0.1) is 5.69 Å². The van der Waals surface area contributed by atoms with E-state index in [0.29, 0.717) is 5.84 Å². The second-order valence-corrected chi connectivity index (χ2v) is 12.3. The first-order valence-corrected chi connectivity index (χ1v) is 16.1. The normalized spacial score (nSPS) is 16.1. The van der Waals surface area contributed by atoms with Crippen molar-refractivity contribution in [3.05, 3.63) is 166 Å². The van der Waals surface area contributed by atoms with E-state index in [9.17, 15) is 0 Å². The molecule has 0 spiro atoms. The molecule has 1 atom stereocenters. The van der Waals surface area contributed by atoms with Gasteiger partial charge in [0.2, 0.25) is 0 Å². The molecule has 4 nitrogen and oxygen atoms in total. The molecular weight excluding hydrogens is 548 g/mol. The summed E-state index contributed by atoms with van der Waals surface area (Å²) in [6.07, 6.45) is 15.1. The summed E-state index contributed by atoms with van der Waals surface area (Å²) < 4.78 is 0. The fourth-order valence-electron chi connectivity index (χ4n) is 6.20. The summed E-state index contributed by atoms with van der Waals surface area (Å²) in [5, 5.41) is 0. The molecule has 2 N–H and O–H groups in total. The van der Waals surface area contributed by atoms with E-state index in [2.05, 4.69) is 112 Å². The number of pyridine rings is 1. The van der Waals surface area contributed by atoms with Crippen LogP contribution in [0.3, 0.4) is 0 Å². The molecule has 2 aliphatic carbocycles. The Balaban J connectivity index is 1.24. The van der Waals surface area contributed by atoms with E-state index in [0.717, 1.165) is 60.2 Å². The van der Waals surface area contributed by atoms with Gasteiger partial charge in [0.25, 0.3) is 0 Å². The molecule has 0 saturated carbocycles. The zero-order valence-electron chi connectivity index (χ0n) is 26.6. The summed E-state index contributed by atoms with van der Waals surface area (Å²) in [7, 11) is 0. The fourth-order valence-corrected chi connectivity index (χ4v) is 6.20. The highest BCUT2D eigenvalue weighted by molar-refractivity contribution is 6.13. The van der Waals surface area contributed by atoms with Crippen LogP contribution in [0.5, 0.6) is 0 Å². The van der Waals surface area contributed by atoms with Crippen LogP contribution in [0.4, 0.5) is 0 Å². The number of benzene rings is 3. The van der Waals surface area contributed by atoms with Crippen LogP contribution < -0.4 is 5.73 Å². The van der Waals surface area contributed by atoms with Crippen molar-refractivity contribution in [2.24, 2.45) is 15.7 Å². The molecule has 0 aliphatic heterocycles. The molecular formula is C41H42N4. The van der Waals surface area contributed by atoms with Crippen molar-refractivity contribution in [1.29, 1.82) is 0 Å². The van der Waals surface area contributed by atoms with Crippen LogP contribution in [0.1, 0.15) is 91.7 Å². The maximum atomic E-state index is 6.73. The third-order valence-electron chi connectivity index (χ3n) is 9.00. The van der Waals surface area contributed by atoms with Crippen LogP contribution in [0, 0.1) is 0 Å². The summed E-state index contributed by atoms with van der Waals surface area (Å²) in [5.41, 5.74) is 18.0. The van der Waals surface area contributed by atoms with Crippen LogP contribution in [0.15, 0.2) is 137 Å². The Morgan fingerprint density at radius 2 is 1.58 bits per heavy atom. The van der Waals surface area contributed by atoms with Gasteiger partial charge >= 0.3 is 0 Å². The Labute approximate surface area is 267 Å². The zero-order chi connectivity index (χ0) is 31.2. The average molecular weight is 591 g/mol. The van der Waals surface area contributed by atoms with Crippen LogP contribution in [0.25, 0.3) is 5.57 Å². The van der Waals surface area contributed by atoms with Crippen molar-refractivity contribution < 1.29 is 0 Å². The molecule has 4 aromatic rings. The summed E-state index contributed by atoms with van der Waals surface area (Å²) in [5.74, 6) is 0.689. The topological polar surface area (TPSA) is 63.6 Å². The lowest BCUT2D eigenvalue weighted by molar-refractivity contribution is 0.639. The van der Waals surface area contributed by atoms with Crippen LogP contribution in [-0.4, -0.2) is 16.5 Å². The van der Waals surface area contributed by atoms with Gasteiger partial charge < -0.3 is 5.73 Å². The molecule has 226 valence electrons. The summed E-state index contributed by atoms with van der Waals surface area (Å²) in [6, 6.07) is 32.1. The summed E-state index contributed by atoms with van der Waals surface area (Å²) in [6.45, 7) is 6.68. The number of aromatic nitrogens is 1. The molecule has 2 aliphatic rings. The minimum atomic E-state index is -0.523. The van der Waals surface area contributed by atoms with Crippen molar-refractivity contribution in [3.8, 4) is 0 Å². The standard InChI is InChI=1S/C41H42N4/c1-4-37(30-13-7-5-8-14-30)44-40(33-15-9-6-10-16-33)45-39(42)32-22-26-35(27-23-32)41(2,3)34-24-20-29(21-25-34)36-19-11-17-31-18-12-28-43-38(31)36/h5,7-9,12-16,18-28,39H,4,6,10-11,17,42H2,1-3H3/b44-37+,45-40-. The maximum Gasteiger partial charge on any atom is 0.156 e. The van der Waals surface area contributed by atoms with Crippen LogP contribution in [-0.2, 0) is 11.8 Å². The smallest absolute Gasteiger partial charge is 0.156 e. The van der Waals surface area contributed by atoms with Gasteiger partial charge in [-0.05, 0) is 71.6 Å². The molecule has 4 heteroatoms. The molecule has 6 rings (SSSR count). The predicted octanol–water partition coefficient (Wildman–Crippen LogP) is 9.32. The first-order valence-electron chi connectivity index (χ1n) is 16.1. The number of hydrogen-bond donors (Lipinski definition) is 1. The highest BCUT2D eigenvalue weighted by Crippen LogP contribution is 2.35. The lowest BCUT2D eigenvalue weighted by Crippen LogP contribution is -2.19. The van der Waals surface area contributed by atoms with E-state index in [1.807, 2.05) is 30.5 Å². The molecule has 0 amide bonds. The highest BCUT2D eigenvalue weighted by Gasteiger charge is 2.24. The number of fused-ring (bicyclic) bond motifs is 1. The SMILES string of the molecule is CC/C(=N\C(=N/C(N)c1ccc(C(C)(C)c2ccc(C3=CCCc4cccnc43)cc2)cc1)C1=CCCC=C1)c1ccccc1. The Morgan fingerprint density at radius 3 is 2.27 bits per heavy atom. The van der Waals surface area contributed by atoms with Gasteiger partial charge in [0.15, 0.2) is 5.84 Å². The largest absolute Gasteiger partial charge is 0.306 e. The Bertz CT molecular complexity index is 1790. The lowest BCUT2D eigenvalue weighted by atomic mass is 9.77. The van der Waals surface area contributed by atoms with Crippen molar-refractivity contribution >= 4 is 17.1 Å². The van der Waals surface area contributed by atoms with Gasteiger partial charge in [-0.25, -0.2) is 9.98 Å². The highest BCUT2D eigenvalue weighted by atomic mass is 15.0. The van der Waals surface area contributed by atoms with Gasteiger partial charge in [0, 0.05) is 28.5 Å². The quantitative estimate of drug-likeness (QED) is 0.164. The second kappa shape index (κ2) is 13.5. The number of aryl methyl sites for hydroxylation is 1. The molecule has 1 heterocycles. The molecule has 0 fully saturated rings. The van der Waals surface area contributed by atoms with Crippen molar-refractivity contribution in [3.63, 3.8) is 0 Å². The molecule has 1 unspecified atom stereocenters. The lowest BCUT2D eigenvalue weighted by Gasteiger charge is -2.27. The van der Waals surface area contributed by atoms with Crippen LogP contribution in [0.2, 0.25) is 0 Å². The van der Waals surface area contributed by atoms with Crippen molar-refractivity contribution in [1.82, 2.24) is 4.98 Å². The number of rotatable bonds is 8. The third-order valence-corrected chi connectivity index (χ3v) is 9.00. The van der Waals surface area contributed by atoms with Crippen molar-refractivity contribution in [2.45, 2.75) is 64.5 Å². The van der Waals surface area contributed by atoms with Crippen LogP contribution >= 0.6 is 0 Å². The van der Waals surface area contributed by atoms with E-state index in [1.54, 1.807) is 0 Å². The molecule has 0 radical (unpaired) electrons. The van der Waals surface area contributed by atoms with E-state index in [1.165, 1.54) is 27.8 Å². The number of allylic oxidation sites excluding steroid dienone is 3. The third kappa shape index (κ3) is 6.72. The Hall–Kier alpha value is -4.67. The number of nitrogens with zero attached hydrogens (tertiary/aromatic N) is 3. The van der Waals surface area contributed by atoms with E-state index < -0.39 is 6.17 Å². The molecule has 0 saturated heterocycles. The number of hydrogen-bond acceptors (Lipinski definition) is 3. The molecule has 1 aromatic heterocycles. The summed E-state index contributed by atoms with van der Waals surface area (Å²) in [4.78, 5) is 14.7. The molecule has 45 heavy (non-hydrogen) atoms. The Morgan fingerprint density at radius 1 is 0.844 bits per heavy atom. The van der Waals surface area contributed by atoms with Crippen molar-refractivity contribution in [2.75, 3.05) is 0 Å². The number of aliphatic imine (C=N–C) groups is 2. The minimum Gasteiger partial charge on any atom is -0.306 e. The van der Waals surface area contributed by atoms with E-state index >= 15 is 0 Å². The first-order chi connectivity index (χ1) is 21.9. The first kappa shape index (κ1) is 30.4. The van der Waals surface area contributed by atoms with Gasteiger partial charge in [-0.3, -0.25) is 4.98 Å². The molecule has 3 aromatic carbocycles. The zero-order valence-corrected chi connectivity index (χ0v) is 26.6. The minimum absolute atomic E-state index is 0.180. The number of amidine groups is 1. The van der Waals surface area contributed by atoms with Gasteiger partial charge in [0.1, 0.15) is 6.17 Å². The number of nitrogens with two attached hydrogens (primary N) is 1. The monoisotopic (exact) mass is 590 g/mol. The molecule has 0 bridgehead atoms. The van der Waals surface area contributed by atoms with Gasteiger partial charge in [-0.1, -0.05) is 130 Å². The van der Waals surface area contributed by atoms with Gasteiger partial charge in [-0.15, -0.1) is 0 Å². The second-order valence-electron chi connectivity index (χ2n) is 12.3. The predicted molar refractivity (Wildman–Crippen MR) is 189 cm³/mol. The average Bonchev–Trinajstić information content (AvgIpc) is 3.10. The van der Waals surface area contributed by atoms with Gasteiger partial charge in [-0.2, -0.15) is 0 Å². The summed E-state index contributed by atoms with van der Waals surface area (Å²) >= 11 is 0. The van der Waals surface area contributed by atoms with E-state index in [-0.39, 0.29) is 5.41 Å². The van der Waals surface area contributed by atoms with E-state index in [4.69, 9.17) is 20.7 Å².